The van der Waals surface area contributed by atoms with E-state index >= 15 is 0 Å². The molecule has 0 unspecified atom stereocenters. The highest BCUT2D eigenvalue weighted by Crippen LogP contribution is 2.31. The summed E-state index contributed by atoms with van der Waals surface area (Å²) in [6.07, 6.45) is 5.11. The van der Waals surface area contributed by atoms with Crippen LogP contribution in [0, 0.1) is 18.7 Å². The van der Waals surface area contributed by atoms with E-state index in [4.69, 9.17) is 19.3 Å². The lowest BCUT2D eigenvalue weighted by molar-refractivity contribution is -0.139. The Balaban J connectivity index is 1.41. The number of ether oxygens (including phenoxy) is 3. The molecule has 0 heterocycles. The van der Waals surface area contributed by atoms with Gasteiger partial charge in [-0.2, -0.15) is 0 Å². The topological polar surface area (TPSA) is 65.0 Å². The van der Waals surface area contributed by atoms with Gasteiger partial charge < -0.3 is 19.3 Å². The van der Waals surface area contributed by atoms with Gasteiger partial charge in [0, 0.05) is 6.07 Å². The predicted octanol–water partition coefficient (Wildman–Crippen LogP) is 6.41. The molecule has 0 spiro atoms. The van der Waals surface area contributed by atoms with Crippen molar-refractivity contribution in [3.63, 3.8) is 0 Å². The van der Waals surface area contributed by atoms with Crippen molar-refractivity contribution in [2.45, 2.75) is 39.2 Å². The molecule has 3 aromatic carbocycles. The van der Waals surface area contributed by atoms with Gasteiger partial charge in [-0.3, -0.25) is 0 Å². The first kappa shape index (κ1) is 23.6. The second-order valence-electron chi connectivity index (χ2n) is 8.70. The number of hydrogen-bond acceptors (Lipinski definition) is 4. The lowest BCUT2D eigenvalue weighted by atomic mass is 9.98. The third kappa shape index (κ3) is 6.28. The Morgan fingerprint density at radius 2 is 1.74 bits per heavy atom. The van der Waals surface area contributed by atoms with Crippen molar-refractivity contribution in [1.82, 2.24) is 0 Å². The van der Waals surface area contributed by atoms with E-state index in [-0.39, 0.29) is 12.4 Å². The number of rotatable bonds is 10. The van der Waals surface area contributed by atoms with Gasteiger partial charge in [0.2, 0.25) is 0 Å². The minimum absolute atomic E-state index is 0.123. The summed E-state index contributed by atoms with van der Waals surface area (Å²) in [5, 5.41) is 8.66. The Kier molecular flexibility index (Phi) is 7.68. The van der Waals surface area contributed by atoms with Gasteiger partial charge in [-0.15, -0.1) is 0 Å². The molecule has 1 aliphatic carbocycles. The average Bonchev–Trinajstić information content (AvgIpc) is 3.35. The molecule has 178 valence electrons. The summed E-state index contributed by atoms with van der Waals surface area (Å²) in [6, 6.07) is 18.4. The van der Waals surface area contributed by atoms with E-state index < -0.39 is 18.4 Å². The molecule has 0 atom stereocenters. The normalized spacial score (nSPS) is 13.6. The first-order chi connectivity index (χ1) is 16.5. The molecular weight excluding hydrogens is 435 g/mol. The summed E-state index contributed by atoms with van der Waals surface area (Å²) in [7, 11) is 0. The van der Waals surface area contributed by atoms with Gasteiger partial charge in [-0.25, -0.2) is 9.18 Å². The Hall–Kier alpha value is -3.54. The Labute approximate surface area is 199 Å². The lowest BCUT2D eigenvalue weighted by Gasteiger charge is -2.14. The van der Waals surface area contributed by atoms with E-state index in [0.29, 0.717) is 11.7 Å². The van der Waals surface area contributed by atoms with E-state index in [1.165, 1.54) is 37.8 Å². The molecule has 1 aliphatic rings. The quantitative estimate of drug-likeness (QED) is 0.375. The second kappa shape index (κ2) is 11.1. The molecule has 4 rings (SSSR count). The number of carboxylic acids is 1. The molecule has 34 heavy (non-hydrogen) atoms. The van der Waals surface area contributed by atoms with Crippen molar-refractivity contribution in [3.8, 4) is 28.4 Å². The van der Waals surface area contributed by atoms with Gasteiger partial charge in [0.05, 0.1) is 6.61 Å². The van der Waals surface area contributed by atoms with E-state index in [0.717, 1.165) is 34.6 Å². The third-order valence-electron chi connectivity index (χ3n) is 6.07. The zero-order valence-electron chi connectivity index (χ0n) is 19.3. The van der Waals surface area contributed by atoms with Crippen molar-refractivity contribution in [2.75, 3.05) is 13.2 Å². The predicted molar refractivity (Wildman–Crippen MR) is 128 cm³/mol. The van der Waals surface area contributed by atoms with Crippen LogP contribution >= 0.6 is 0 Å². The van der Waals surface area contributed by atoms with Gasteiger partial charge in [0.15, 0.2) is 18.2 Å². The summed E-state index contributed by atoms with van der Waals surface area (Å²) in [5.74, 6) is -0.0766. The number of hydrogen-bond donors (Lipinski definition) is 1. The maximum atomic E-state index is 14.1. The van der Waals surface area contributed by atoms with Gasteiger partial charge in [0.1, 0.15) is 18.1 Å². The van der Waals surface area contributed by atoms with E-state index in [2.05, 4.69) is 31.2 Å². The summed E-state index contributed by atoms with van der Waals surface area (Å²) < 4.78 is 30.9. The summed E-state index contributed by atoms with van der Waals surface area (Å²) in [5.41, 5.74) is 4.27. The number of carboxylic acid groups (broad SMARTS) is 1. The Morgan fingerprint density at radius 1 is 0.971 bits per heavy atom. The number of aryl methyl sites for hydroxylation is 1. The highest BCUT2D eigenvalue weighted by Gasteiger charge is 2.16. The van der Waals surface area contributed by atoms with Crippen LogP contribution in [0.25, 0.3) is 11.1 Å². The fourth-order valence-electron chi connectivity index (χ4n) is 4.22. The lowest BCUT2D eigenvalue weighted by Crippen LogP contribution is -2.10. The van der Waals surface area contributed by atoms with Crippen molar-refractivity contribution in [3.05, 3.63) is 77.6 Å². The van der Waals surface area contributed by atoms with Crippen molar-refractivity contribution >= 4 is 5.97 Å². The monoisotopic (exact) mass is 464 g/mol. The van der Waals surface area contributed by atoms with Crippen molar-refractivity contribution in [2.24, 2.45) is 5.92 Å². The molecule has 0 aromatic heterocycles. The first-order valence-electron chi connectivity index (χ1n) is 11.6. The zero-order valence-corrected chi connectivity index (χ0v) is 19.3. The third-order valence-corrected chi connectivity index (χ3v) is 6.07. The minimum atomic E-state index is -1.17. The van der Waals surface area contributed by atoms with Crippen LogP contribution in [0.1, 0.15) is 36.8 Å². The fourth-order valence-corrected chi connectivity index (χ4v) is 4.22. The van der Waals surface area contributed by atoms with Gasteiger partial charge >= 0.3 is 5.97 Å². The highest BCUT2D eigenvalue weighted by molar-refractivity contribution is 5.69. The molecular formula is C28H29FO5. The molecule has 1 saturated carbocycles. The molecule has 1 fully saturated rings. The van der Waals surface area contributed by atoms with Crippen molar-refractivity contribution in [1.29, 1.82) is 0 Å². The smallest absolute Gasteiger partial charge is 0.341 e. The molecule has 0 saturated heterocycles. The maximum Gasteiger partial charge on any atom is 0.341 e. The molecule has 1 N–H and O–H groups in total. The van der Waals surface area contributed by atoms with Crippen LogP contribution in [0.5, 0.6) is 17.2 Å². The van der Waals surface area contributed by atoms with Gasteiger partial charge in [-0.1, -0.05) is 37.1 Å². The largest absolute Gasteiger partial charge is 0.493 e. The second-order valence-corrected chi connectivity index (χ2v) is 8.70. The molecule has 0 aliphatic heterocycles. The van der Waals surface area contributed by atoms with Crippen LogP contribution in [0.15, 0.2) is 60.7 Å². The number of aliphatic carboxylic acids is 1. The molecule has 5 nitrogen and oxygen atoms in total. The maximum absolute atomic E-state index is 14.1. The molecule has 3 aromatic rings. The van der Waals surface area contributed by atoms with Crippen LogP contribution < -0.4 is 14.2 Å². The first-order valence-corrected chi connectivity index (χ1v) is 11.6. The standard InChI is InChI=1S/C28H29FO5/c1-19-9-10-23(32-16-20-5-2-3-6-20)14-25(19)22-8-4-7-21(13-22)17-33-24-11-12-27(26(29)15-24)34-18-28(30)31/h4,7-15,20H,2-3,5-6,16-18H2,1H3,(H,30,31). The zero-order chi connectivity index (χ0) is 23.9. The van der Waals surface area contributed by atoms with Crippen LogP contribution in [-0.4, -0.2) is 24.3 Å². The highest BCUT2D eigenvalue weighted by atomic mass is 19.1. The van der Waals surface area contributed by atoms with Crippen LogP contribution in [0.2, 0.25) is 0 Å². The SMILES string of the molecule is Cc1ccc(OCC2CCCC2)cc1-c1cccc(COc2ccc(OCC(=O)O)c(F)c2)c1. The number of carbonyl (C=O) groups is 1. The molecule has 0 bridgehead atoms. The summed E-state index contributed by atoms with van der Waals surface area (Å²) >= 11 is 0. The van der Waals surface area contributed by atoms with Crippen LogP contribution in [0.3, 0.4) is 0 Å². The molecule has 0 amide bonds. The van der Waals surface area contributed by atoms with Gasteiger partial charge in [-0.05, 0) is 78.3 Å². The van der Waals surface area contributed by atoms with Crippen LogP contribution in [0.4, 0.5) is 4.39 Å². The number of halogens is 1. The fraction of sp³-hybridized carbons (Fsp3) is 0.321. The van der Waals surface area contributed by atoms with Crippen LogP contribution in [-0.2, 0) is 11.4 Å². The number of benzene rings is 3. The Bertz CT molecular complexity index is 1140. The van der Waals surface area contributed by atoms with E-state index in [1.807, 2.05) is 18.2 Å². The Morgan fingerprint density at radius 3 is 2.50 bits per heavy atom. The molecule has 6 heteroatoms. The average molecular weight is 465 g/mol. The van der Waals surface area contributed by atoms with E-state index in [1.54, 1.807) is 6.07 Å². The van der Waals surface area contributed by atoms with E-state index in [9.17, 15) is 9.18 Å². The minimum Gasteiger partial charge on any atom is -0.493 e. The summed E-state index contributed by atoms with van der Waals surface area (Å²) in [6.45, 7) is 2.51. The summed E-state index contributed by atoms with van der Waals surface area (Å²) in [4.78, 5) is 10.6. The van der Waals surface area contributed by atoms with Gasteiger partial charge in [0.25, 0.3) is 0 Å². The van der Waals surface area contributed by atoms with Crippen molar-refractivity contribution < 1.29 is 28.5 Å². The molecule has 0 radical (unpaired) electrons.